The van der Waals surface area contributed by atoms with Gasteiger partial charge < -0.3 is 16.1 Å². The normalized spacial score (nSPS) is 12.1. The van der Waals surface area contributed by atoms with Gasteiger partial charge in [-0.15, -0.1) is 0 Å². The van der Waals surface area contributed by atoms with Crippen LogP contribution in [0, 0.1) is 11.8 Å². The Bertz CT molecular complexity index is 521. The zero-order valence-corrected chi connectivity index (χ0v) is 30.5. The van der Waals surface area contributed by atoms with Crippen molar-refractivity contribution in [1.82, 2.24) is 6.15 Å². The molecule has 0 aromatic rings. The Morgan fingerprint density at radius 2 is 0.605 bits per heavy atom. The highest BCUT2D eigenvalue weighted by Gasteiger charge is 2.09. The van der Waals surface area contributed by atoms with Crippen molar-refractivity contribution >= 4 is 5.97 Å². The van der Waals surface area contributed by atoms with Gasteiger partial charge in [0.05, 0.1) is 0 Å². The fourth-order valence-electron chi connectivity index (χ4n) is 6.56. The summed E-state index contributed by atoms with van der Waals surface area (Å²) in [5.74, 6) is -0.145. The van der Waals surface area contributed by atoms with E-state index in [2.05, 4.69) is 20.8 Å². The lowest BCUT2D eigenvalue weighted by Gasteiger charge is -2.17. The maximum Gasteiger partial charge on any atom is 0.0445 e. The molecule has 0 aliphatic heterocycles. The van der Waals surface area contributed by atoms with Crippen LogP contribution in [0.2, 0.25) is 0 Å². The number of rotatable bonds is 36. The van der Waals surface area contributed by atoms with Gasteiger partial charge in [-0.3, -0.25) is 0 Å². The number of aliphatic carboxylic acids is 1. The monoisotopic (exact) mass is 610 g/mol. The SMILES string of the molecule is CCCCCCCCCCCCCCCCCCC(CCCCCCCCCCCCCCCCCC(C)C)C(=O)[O-].[NH4+]. The largest absolute Gasteiger partial charge is 0.550 e. The summed E-state index contributed by atoms with van der Waals surface area (Å²) in [6, 6.07) is 0. The first-order valence-electron chi connectivity index (χ1n) is 19.8. The predicted octanol–water partition coefficient (Wildman–Crippen LogP) is 13.7. The van der Waals surface area contributed by atoms with Gasteiger partial charge in [0, 0.05) is 5.97 Å². The number of carbonyl (C=O) groups excluding carboxylic acids is 1. The summed E-state index contributed by atoms with van der Waals surface area (Å²) in [5.41, 5.74) is 0. The summed E-state index contributed by atoms with van der Waals surface area (Å²) in [5, 5.41) is 11.6. The van der Waals surface area contributed by atoms with Crippen molar-refractivity contribution in [3.8, 4) is 0 Å². The number of hydrogen-bond donors (Lipinski definition) is 1. The Morgan fingerprint density at radius 1 is 0.395 bits per heavy atom. The van der Waals surface area contributed by atoms with E-state index in [1.165, 1.54) is 193 Å². The van der Waals surface area contributed by atoms with Crippen LogP contribution in [0.1, 0.15) is 239 Å². The number of carbonyl (C=O) groups is 1. The molecule has 1 unspecified atom stereocenters. The van der Waals surface area contributed by atoms with Gasteiger partial charge in [0.25, 0.3) is 0 Å². The second-order valence-electron chi connectivity index (χ2n) is 14.4. The fourth-order valence-corrected chi connectivity index (χ4v) is 6.56. The fraction of sp³-hybridized carbons (Fsp3) is 0.975. The minimum absolute atomic E-state index is 0. The van der Waals surface area contributed by atoms with Crippen LogP contribution in [-0.4, -0.2) is 5.97 Å². The topological polar surface area (TPSA) is 76.6 Å². The van der Waals surface area contributed by atoms with Crippen molar-refractivity contribution in [1.29, 1.82) is 0 Å². The van der Waals surface area contributed by atoms with E-state index in [1.54, 1.807) is 0 Å². The van der Waals surface area contributed by atoms with Crippen LogP contribution in [0.25, 0.3) is 0 Å². The molecule has 0 saturated carbocycles. The summed E-state index contributed by atoms with van der Waals surface area (Å²) in [4.78, 5) is 11.6. The Morgan fingerprint density at radius 3 is 0.814 bits per heavy atom. The molecule has 43 heavy (non-hydrogen) atoms. The zero-order valence-electron chi connectivity index (χ0n) is 30.5. The molecule has 0 aromatic heterocycles. The highest BCUT2D eigenvalue weighted by atomic mass is 16.4. The van der Waals surface area contributed by atoms with Crippen LogP contribution >= 0.6 is 0 Å². The van der Waals surface area contributed by atoms with Gasteiger partial charge in [-0.25, -0.2) is 0 Å². The third-order valence-electron chi connectivity index (χ3n) is 9.57. The minimum Gasteiger partial charge on any atom is -0.550 e. The molecule has 260 valence electrons. The van der Waals surface area contributed by atoms with Crippen LogP contribution in [0.15, 0.2) is 0 Å². The molecule has 0 aliphatic rings. The van der Waals surface area contributed by atoms with E-state index in [0.29, 0.717) is 0 Å². The van der Waals surface area contributed by atoms with Gasteiger partial charge in [0.1, 0.15) is 0 Å². The van der Waals surface area contributed by atoms with Crippen molar-refractivity contribution in [2.45, 2.75) is 239 Å². The molecule has 0 rings (SSSR count). The van der Waals surface area contributed by atoms with Gasteiger partial charge >= 0.3 is 0 Å². The van der Waals surface area contributed by atoms with E-state index in [0.717, 1.165) is 31.6 Å². The molecule has 0 spiro atoms. The number of carboxylic acid groups (broad SMARTS) is 1. The molecular weight excluding hydrogens is 526 g/mol. The van der Waals surface area contributed by atoms with Crippen LogP contribution in [0.3, 0.4) is 0 Å². The first kappa shape index (κ1) is 44.6. The third-order valence-corrected chi connectivity index (χ3v) is 9.57. The lowest BCUT2D eigenvalue weighted by molar-refractivity contribution is -0.312. The van der Waals surface area contributed by atoms with E-state index in [9.17, 15) is 9.90 Å². The lowest BCUT2D eigenvalue weighted by Crippen LogP contribution is -2.31. The van der Waals surface area contributed by atoms with Crippen LogP contribution in [0.5, 0.6) is 0 Å². The summed E-state index contributed by atoms with van der Waals surface area (Å²) >= 11 is 0. The highest BCUT2D eigenvalue weighted by Crippen LogP contribution is 2.20. The van der Waals surface area contributed by atoms with Crippen molar-refractivity contribution in [3.05, 3.63) is 0 Å². The molecule has 4 N–H and O–H groups in total. The molecule has 3 nitrogen and oxygen atoms in total. The molecule has 0 aliphatic carbocycles. The Labute approximate surface area is 272 Å². The van der Waals surface area contributed by atoms with E-state index < -0.39 is 5.97 Å². The molecule has 0 amide bonds. The maximum atomic E-state index is 11.6. The average molecular weight is 610 g/mol. The predicted molar refractivity (Wildman–Crippen MR) is 192 cm³/mol. The van der Waals surface area contributed by atoms with E-state index in [4.69, 9.17) is 0 Å². The van der Waals surface area contributed by atoms with Crippen LogP contribution in [-0.2, 0) is 4.79 Å². The minimum atomic E-state index is -0.804. The van der Waals surface area contributed by atoms with Crippen molar-refractivity contribution in [3.63, 3.8) is 0 Å². The van der Waals surface area contributed by atoms with Crippen LogP contribution < -0.4 is 11.3 Å². The van der Waals surface area contributed by atoms with Gasteiger partial charge in [-0.2, -0.15) is 0 Å². The third kappa shape index (κ3) is 37.5. The molecule has 0 saturated heterocycles. The zero-order chi connectivity index (χ0) is 30.8. The Kier molecular flexibility index (Phi) is 39.0. The number of quaternary nitrogens is 1. The Hall–Kier alpha value is -0.570. The first-order chi connectivity index (χ1) is 20.6. The van der Waals surface area contributed by atoms with Crippen LogP contribution in [0.4, 0.5) is 0 Å². The molecule has 3 heteroatoms. The molecule has 0 aromatic carbocycles. The number of unbranched alkanes of at least 4 members (excludes halogenated alkanes) is 29. The maximum absolute atomic E-state index is 11.6. The number of hydrogen-bond acceptors (Lipinski definition) is 2. The number of carboxylic acids is 1. The summed E-state index contributed by atoms with van der Waals surface area (Å²) in [6.45, 7) is 6.95. The summed E-state index contributed by atoms with van der Waals surface area (Å²) in [7, 11) is 0. The van der Waals surface area contributed by atoms with Crippen molar-refractivity contribution in [2.75, 3.05) is 0 Å². The van der Waals surface area contributed by atoms with E-state index >= 15 is 0 Å². The van der Waals surface area contributed by atoms with E-state index in [1.807, 2.05) is 0 Å². The summed E-state index contributed by atoms with van der Waals surface area (Å²) in [6.07, 6.45) is 45.3. The van der Waals surface area contributed by atoms with E-state index in [-0.39, 0.29) is 12.1 Å². The standard InChI is InChI=1S/C40H80O2.H3N/c1-4-5-6-7-8-9-10-11-12-15-18-21-24-27-30-33-36-39(40(41)42)37-34-31-28-25-22-19-16-13-14-17-20-23-26-29-32-35-38(2)3;/h38-39H,4-37H2,1-3H3,(H,41,42);1H3. The quantitative estimate of drug-likeness (QED) is 0.0717. The molecular formula is C40H83NO2. The van der Waals surface area contributed by atoms with Gasteiger partial charge in [-0.05, 0) is 24.7 Å². The molecule has 1 atom stereocenters. The van der Waals surface area contributed by atoms with Gasteiger partial charge in [0.2, 0.25) is 0 Å². The van der Waals surface area contributed by atoms with Crippen molar-refractivity contribution in [2.24, 2.45) is 11.8 Å². The molecule has 0 heterocycles. The highest BCUT2D eigenvalue weighted by molar-refractivity contribution is 5.67. The second-order valence-corrected chi connectivity index (χ2v) is 14.4. The Balaban J connectivity index is 0. The lowest BCUT2D eigenvalue weighted by atomic mass is 9.94. The van der Waals surface area contributed by atoms with Gasteiger partial charge in [-0.1, -0.05) is 226 Å². The molecule has 0 fully saturated rings. The second kappa shape index (κ2) is 37.6. The average Bonchev–Trinajstić information content (AvgIpc) is 2.97. The smallest absolute Gasteiger partial charge is 0.0445 e. The molecule has 0 radical (unpaired) electrons. The molecule has 0 bridgehead atoms. The van der Waals surface area contributed by atoms with Gasteiger partial charge in [0.15, 0.2) is 0 Å². The first-order valence-corrected chi connectivity index (χ1v) is 19.8. The summed E-state index contributed by atoms with van der Waals surface area (Å²) < 4.78 is 0. The van der Waals surface area contributed by atoms with Crippen molar-refractivity contribution < 1.29 is 9.90 Å².